The van der Waals surface area contributed by atoms with E-state index in [4.69, 9.17) is 9.16 Å². The minimum absolute atomic E-state index is 0.311. The van der Waals surface area contributed by atoms with Crippen molar-refractivity contribution in [3.8, 4) is 0 Å². The van der Waals surface area contributed by atoms with Crippen molar-refractivity contribution in [1.29, 1.82) is 0 Å². The van der Waals surface area contributed by atoms with E-state index in [9.17, 15) is 0 Å². The second-order valence-electron chi connectivity index (χ2n) is 5.88. The molecule has 0 N–H and O–H groups in total. The van der Waals surface area contributed by atoms with Crippen LogP contribution in [0.2, 0.25) is 18.1 Å². The van der Waals surface area contributed by atoms with E-state index in [-0.39, 0.29) is 0 Å². The van der Waals surface area contributed by atoms with E-state index >= 15 is 0 Å². The van der Waals surface area contributed by atoms with Crippen molar-refractivity contribution in [2.45, 2.75) is 64.5 Å². The maximum Gasteiger partial charge on any atom is 0.192 e. The van der Waals surface area contributed by atoms with E-state index in [1.54, 1.807) is 0 Å². The zero-order chi connectivity index (χ0) is 11.0. The molecule has 0 aromatic carbocycles. The van der Waals surface area contributed by atoms with Crippen LogP contribution < -0.4 is 0 Å². The molecule has 0 aromatic rings. The molecular formula is C11H24O2Si. The lowest BCUT2D eigenvalue weighted by Crippen LogP contribution is -2.43. The predicted octanol–water partition coefficient (Wildman–Crippen LogP) is 3.19. The first-order chi connectivity index (χ1) is 6.22. The second kappa shape index (κ2) is 3.95. The Morgan fingerprint density at radius 1 is 1.43 bits per heavy atom. The van der Waals surface area contributed by atoms with E-state index in [1.165, 1.54) is 0 Å². The Bertz CT molecular complexity index is 192. The molecule has 3 heteroatoms. The molecule has 1 aliphatic heterocycles. The van der Waals surface area contributed by atoms with Crippen LogP contribution in [0.25, 0.3) is 0 Å². The molecule has 0 aromatic heterocycles. The van der Waals surface area contributed by atoms with Crippen LogP contribution in [0.1, 0.15) is 34.1 Å². The molecule has 1 unspecified atom stereocenters. The quantitative estimate of drug-likeness (QED) is 0.532. The van der Waals surface area contributed by atoms with Crippen LogP contribution in [0, 0.1) is 0 Å². The summed E-state index contributed by atoms with van der Waals surface area (Å²) in [5.74, 6) is 0. The van der Waals surface area contributed by atoms with Gasteiger partial charge in [-0.1, -0.05) is 20.8 Å². The van der Waals surface area contributed by atoms with Crippen molar-refractivity contribution >= 4 is 8.32 Å². The summed E-state index contributed by atoms with van der Waals surface area (Å²) in [5.41, 5.74) is 0. The van der Waals surface area contributed by atoms with Crippen molar-refractivity contribution < 1.29 is 9.16 Å². The summed E-state index contributed by atoms with van der Waals surface area (Å²) in [5, 5.41) is 0.311. The molecule has 2 nitrogen and oxygen atoms in total. The van der Waals surface area contributed by atoms with Crippen LogP contribution in [0.5, 0.6) is 0 Å². The Morgan fingerprint density at radius 3 is 2.29 bits per heavy atom. The number of epoxide rings is 1. The average Bonchev–Trinajstić information content (AvgIpc) is 2.66. The minimum atomic E-state index is -1.56. The molecule has 0 saturated carbocycles. The lowest BCUT2D eigenvalue weighted by atomic mass is 10.2. The largest absolute Gasteiger partial charge is 0.414 e. The van der Waals surface area contributed by atoms with Crippen molar-refractivity contribution in [3.05, 3.63) is 0 Å². The smallest absolute Gasteiger partial charge is 0.192 e. The van der Waals surface area contributed by atoms with Gasteiger partial charge in [-0.25, -0.2) is 0 Å². The van der Waals surface area contributed by atoms with Gasteiger partial charge in [0, 0.05) is 12.5 Å². The van der Waals surface area contributed by atoms with Crippen LogP contribution in [-0.4, -0.2) is 27.1 Å². The number of ether oxygens (including phenoxy) is 1. The lowest BCUT2D eigenvalue weighted by Gasteiger charge is -2.38. The van der Waals surface area contributed by atoms with Gasteiger partial charge in [-0.05, 0) is 25.1 Å². The number of hydrogen-bond donors (Lipinski definition) is 0. The highest BCUT2D eigenvalue weighted by atomic mass is 28.4. The van der Waals surface area contributed by atoms with Gasteiger partial charge in [0.15, 0.2) is 8.32 Å². The van der Waals surface area contributed by atoms with E-state index in [2.05, 4.69) is 40.8 Å². The molecule has 1 aliphatic rings. The van der Waals surface area contributed by atoms with Gasteiger partial charge in [0.05, 0.1) is 12.7 Å². The Balaban J connectivity index is 2.39. The minimum Gasteiger partial charge on any atom is -0.414 e. The first-order valence-electron chi connectivity index (χ1n) is 5.52. The standard InChI is InChI=1S/C11H24O2Si/c1-9(7-10-8-12-10)13-14(5,6)11(2,3)4/h9-10H,7-8H2,1-6H3/t9?,10-/m1/s1. The summed E-state index contributed by atoms with van der Waals surface area (Å²) in [6.45, 7) is 14.5. The van der Waals surface area contributed by atoms with Gasteiger partial charge >= 0.3 is 0 Å². The van der Waals surface area contributed by atoms with E-state index in [1.807, 2.05) is 0 Å². The topological polar surface area (TPSA) is 21.8 Å². The summed E-state index contributed by atoms with van der Waals surface area (Å²) in [6.07, 6.45) is 1.89. The fourth-order valence-corrected chi connectivity index (χ4v) is 2.76. The molecule has 0 aliphatic carbocycles. The van der Waals surface area contributed by atoms with Gasteiger partial charge in [-0.3, -0.25) is 0 Å². The molecule has 0 radical (unpaired) electrons. The summed E-state index contributed by atoms with van der Waals surface area (Å²) >= 11 is 0. The maximum absolute atomic E-state index is 6.21. The van der Waals surface area contributed by atoms with Crippen LogP contribution in [0.3, 0.4) is 0 Å². The van der Waals surface area contributed by atoms with Crippen molar-refractivity contribution in [1.82, 2.24) is 0 Å². The van der Waals surface area contributed by atoms with E-state index in [0.29, 0.717) is 17.2 Å². The average molecular weight is 216 g/mol. The molecule has 84 valence electrons. The fraction of sp³-hybridized carbons (Fsp3) is 1.00. The monoisotopic (exact) mass is 216 g/mol. The molecule has 1 fully saturated rings. The van der Waals surface area contributed by atoms with Crippen LogP contribution in [-0.2, 0) is 9.16 Å². The van der Waals surface area contributed by atoms with Crippen LogP contribution in [0.15, 0.2) is 0 Å². The first-order valence-corrected chi connectivity index (χ1v) is 8.42. The lowest BCUT2D eigenvalue weighted by molar-refractivity contribution is 0.175. The SMILES string of the molecule is CC(C[C@@H]1CO1)O[Si](C)(C)C(C)(C)C. The summed E-state index contributed by atoms with van der Waals surface area (Å²) in [4.78, 5) is 0. The maximum atomic E-state index is 6.21. The van der Waals surface area contributed by atoms with Gasteiger partial charge < -0.3 is 9.16 Å². The molecule has 14 heavy (non-hydrogen) atoms. The van der Waals surface area contributed by atoms with Gasteiger partial charge in [-0.15, -0.1) is 0 Å². The molecular weight excluding hydrogens is 192 g/mol. The van der Waals surface area contributed by atoms with Gasteiger partial charge in [0.25, 0.3) is 0 Å². The Hall–Kier alpha value is 0.137. The normalized spacial score (nSPS) is 24.9. The Kier molecular flexibility index (Phi) is 3.44. The van der Waals surface area contributed by atoms with Gasteiger partial charge in [-0.2, -0.15) is 0 Å². The first kappa shape index (κ1) is 12.2. The van der Waals surface area contributed by atoms with Crippen molar-refractivity contribution in [3.63, 3.8) is 0 Å². The molecule has 0 bridgehead atoms. The summed E-state index contributed by atoms with van der Waals surface area (Å²) in [7, 11) is -1.56. The Morgan fingerprint density at radius 2 is 1.93 bits per heavy atom. The molecule has 2 atom stereocenters. The molecule has 1 heterocycles. The Labute approximate surface area is 89.1 Å². The summed E-state index contributed by atoms with van der Waals surface area (Å²) in [6, 6.07) is 0. The second-order valence-corrected chi connectivity index (χ2v) is 10.6. The molecule has 0 spiro atoms. The highest BCUT2D eigenvalue weighted by molar-refractivity contribution is 6.74. The fourth-order valence-electron chi connectivity index (χ4n) is 1.30. The molecule has 1 saturated heterocycles. The van der Waals surface area contributed by atoms with Gasteiger partial charge in [0.1, 0.15) is 0 Å². The van der Waals surface area contributed by atoms with E-state index < -0.39 is 8.32 Å². The van der Waals surface area contributed by atoms with Crippen LogP contribution >= 0.6 is 0 Å². The highest BCUT2D eigenvalue weighted by Crippen LogP contribution is 2.38. The van der Waals surface area contributed by atoms with Gasteiger partial charge in [0.2, 0.25) is 0 Å². The zero-order valence-electron chi connectivity index (χ0n) is 10.4. The number of rotatable bonds is 4. The zero-order valence-corrected chi connectivity index (χ0v) is 11.4. The van der Waals surface area contributed by atoms with E-state index in [0.717, 1.165) is 13.0 Å². The van der Waals surface area contributed by atoms with Crippen molar-refractivity contribution in [2.24, 2.45) is 0 Å². The summed E-state index contributed by atoms with van der Waals surface area (Å²) < 4.78 is 11.4. The third kappa shape index (κ3) is 3.37. The van der Waals surface area contributed by atoms with Crippen LogP contribution in [0.4, 0.5) is 0 Å². The highest BCUT2D eigenvalue weighted by Gasteiger charge is 2.39. The molecule has 1 rings (SSSR count). The third-order valence-electron chi connectivity index (χ3n) is 3.30. The predicted molar refractivity (Wildman–Crippen MR) is 62.1 cm³/mol. The third-order valence-corrected chi connectivity index (χ3v) is 7.90. The molecule has 0 amide bonds. The number of hydrogen-bond acceptors (Lipinski definition) is 2. The van der Waals surface area contributed by atoms with Crippen molar-refractivity contribution in [2.75, 3.05) is 6.61 Å².